The van der Waals surface area contributed by atoms with Gasteiger partial charge in [-0.2, -0.15) is 0 Å². The van der Waals surface area contributed by atoms with Crippen molar-refractivity contribution in [3.63, 3.8) is 0 Å². The lowest BCUT2D eigenvalue weighted by atomic mass is 10.1. The van der Waals surface area contributed by atoms with Crippen molar-refractivity contribution in [2.75, 3.05) is 6.54 Å². The number of carbonyl (C=O) groups is 2. The Hall–Kier alpha value is -2.50. The van der Waals surface area contributed by atoms with Gasteiger partial charge in [0, 0.05) is 24.4 Å². The van der Waals surface area contributed by atoms with E-state index < -0.39 is 5.97 Å². The average molecular weight is 332 g/mol. The quantitative estimate of drug-likeness (QED) is 0.726. The highest BCUT2D eigenvalue weighted by atomic mass is 19.1. The van der Waals surface area contributed by atoms with Crippen molar-refractivity contribution in [3.8, 4) is 0 Å². The van der Waals surface area contributed by atoms with Crippen LogP contribution in [0.3, 0.4) is 0 Å². The lowest BCUT2D eigenvalue weighted by molar-refractivity contribution is -0.137. The molecule has 24 heavy (non-hydrogen) atoms. The minimum absolute atomic E-state index is 0.189. The summed E-state index contributed by atoms with van der Waals surface area (Å²) < 4.78 is 13.2. The molecule has 2 N–H and O–H groups in total. The number of aromatic nitrogens is 1. The Morgan fingerprint density at radius 3 is 2.67 bits per heavy atom. The second-order valence-electron chi connectivity index (χ2n) is 5.77. The number of carboxylic acid groups (broad SMARTS) is 1. The van der Waals surface area contributed by atoms with Gasteiger partial charge >= 0.3 is 5.97 Å². The predicted molar refractivity (Wildman–Crippen MR) is 89.5 cm³/mol. The zero-order chi connectivity index (χ0) is 17.5. The number of pyridine rings is 1. The number of aryl methyl sites for hydroxylation is 1. The molecule has 0 aliphatic rings. The number of amides is 1. The van der Waals surface area contributed by atoms with E-state index in [0.717, 1.165) is 24.6 Å². The molecule has 0 spiro atoms. The third-order valence-electron chi connectivity index (χ3n) is 3.82. The van der Waals surface area contributed by atoms with Gasteiger partial charge in [0.15, 0.2) is 0 Å². The summed E-state index contributed by atoms with van der Waals surface area (Å²) in [6.45, 7) is 2.26. The molecule has 0 atom stereocenters. The fourth-order valence-corrected chi connectivity index (χ4v) is 2.52. The van der Waals surface area contributed by atoms with Crippen LogP contribution in [-0.4, -0.2) is 28.5 Å². The largest absolute Gasteiger partial charge is 0.481 e. The standard InChI is InChI=1S/C18H21FN2O3/c1-12-15(10-13-7-8-14(19)11-16(13)21-12)18(24)20-9-5-3-2-4-6-17(22)23/h7-8,10-11H,2-6,9H2,1H3,(H,20,24)(H,22,23). The number of carboxylic acids is 1. The zero-order valence-electron chi connectivity index (χ0n) is 13.6. The molecule has 6 heteroatoms. The van der Waals surface area contributed by atoms with Crippen molar-refractivity contribution in [2.24, 2.45) is 0 Å². The van der Waals surface area contributed by atoms with Gasteiger partial charge in [0.2, 0.25) is 0 Å². The third-order valence-corrected chi connectivity index (χ3v) is 3.82. The summed E-state index contributed by atoms with van der Waals surface area (Å²) in [6.07, 6.45) is 3.37. The molecule has 1 aromatic heterocycles. The number of nitrogens with one attached hydrogen (secondary N) is 1. The molecule has 128 valence electrons. The van der Waals surface area contributed by atoms with Crippen LogP contribution in [0.1, 0.15) is 48.2 Å². The number of halogens is 1. The number of unbranched alkanes of at least 4 members (excludes halogenated alkanes) is 3. The van der Waals surface area contributed by atoms with Crippen LogP contribution in [0.15, 0.2) is 24.3 Å². The van der Waals surface area contributed by atoms with Crippen LogP contribution in [0.5, 0.6) is 0 Å². The minimum Gasteiger partial charge on any atom is -0.481 e. The number of benzene rings is 1. The van der Waals surface area contributed by atoms with Crippen LogP contribution in [0.4, 0.5) is 4.39 Å². The van der Waals surface area contributed by atoms with E-state index >= 15 is 0 Å². The number of hydrogen-bond donors (Lipinski definition) is 2. The maximum absolute atomic E-state index is 13.2. The van der Waals surface area contributed by atoms with Crippen molar-refractivity contribution in [1.29, 1.82) is 0 Å². The molecule has 1 amide bonds. The highest BCUT2D eigenvalue weighted by Crippen LogP contribution is 2.17. The lowest BCUT2D eigenvalue weighted by Crippen LogP contribution is -2.25. The van der Waals surface area contributed by atoms with Crippen molar-refractivity contribution >= 4 is 22.8 Å². The van der Waals surface area contributed by atoms with E-state index in [1.54, 1.807) is 19.1 Å². The van der Waals surface area contributed by atoms with Crippen LogP contribution >= 0.6 is 0 Å². The highest BCUT2D eigenvalue weighted by molar-refractivity contribution is 5.98. The number of fused-ring (bicyclic) bond motifs is 1. The molecule has 0 aliphatic heterocycles. The number of carbonyl (C=O) groups excluding carboxylic acids is 1. The average Bonchev–Trinajstić information content (AvgIpc) is 2.52. The van der Waals surface area contributed by atoms with Crippen LogP contribution < -0.4 is 5.32 Å². The SMILES string of the molecule is Cc1nc2cc(F)ccc2cc1C(=O)NCCCCCCC(=O)O. The first kappa shape index (κ1) is 17.8. The smallest absolute Gasteiger partial charge is 0.303 e. The second kappa shape index (κ2) is 8.38. The Morgan fingerprint density at radius 2 is 1.92 bits per heavy atom. The molecule has 0 aliphatic carbocycles. The topological polar surface area (TPSA) is 79.3 Å². The Morgan fingerprint density at radius 1 is 1.17 bits per heavy atom. The van der Waals surface area contributed by atoms with Gasteiger partial charge in [-0.3, -0.25) is 14.6 Å². The normalized spacial score (nSPS) is 10.8. The molecular weight excluding hydrogens is 311 g/mol. The summed E-state index contributed by atoms with van der Waals surface area (Å²) in [7, 11) is 0. The van der Waals surface area contributed by atoms with E-state index in [2.05, 4.69) is 10.3 Å². The van der Waals surface area contributed by atoms with E-state index in [-0.39, 0.29) is 18.1 Å². The number of aliphatic carboxylic acids is 1. The van der Waals surface area contributed by atoms with Gasteiger partial charge in [0.25, 0.3) is 5.91 Å². The fraction of sp³-hybridized carbons (Fsp3) is 0.389. The fourth-order valence-electron chi connectivity index (χ4n) is 2.52. The van der Waals surface area contributed by atoms with Gasteiger partial charge in [-0.15, -0.1) is 0 Å². The Kier molecular flexibility index (Phi) is 6.23. The Labute approximate surface area is 139 Å². The van der Waals surface area contributed by atoms with Gasteiger partial charge in [0.1, 0.15) is 5.82 Å². The first-order valence-corrected chi connectivity index (χ1v) is 8.04. The molecule has 2 rings (SSSR count). The van der Waals surface area contributed by atoms with Gasteiger partial charge in [-0.25, -0.2) is 4.39 Å². The van der Waals surface area contributed by atoms with Gasteiger partial charge in [-0.1, -0.05) is 12.8 Å². The molecule has 0 bridgehead atoms. The molecule has 1 aromatic carbocycles. The first-order chi connectivity index (χ1) is 11.5. The van der Waals surface area contributed by atoms with Crippen LogP contribution in [0.25, 0.3) is 10.9 Å². The molecule has 2 aromatic rings. The molecule has 5 nitrogen and oxygen atoms in total. The van der Waals surface area contributed by atoms with Crippen LogP contribution in [-0.2, 0) is 4.79 Å². The summed E-state index contributed by atoms with van der Waals surface area (Å²) in [4.78, 5) is 26.9. The summed E-state index contributed by atoms with van der Waals surface area (Å²) in [5, 5.41) is 12.1. The Bertz CT molecular complexity index is 746. The van der Waals surface area contributed by atoms with E-state index in [0.29, 0.717) is 29.7 Å². The van der Waals surface area contributed by atoms with Gasteiger partial charge in [-0.05, 0) is 38.0 Å². The van der Waals surface area contributed by atoms with E-state index in [9.17, 15) is 14.0 Å². The van der Waals surface area contributed by atoms with E-state index in [1.807, 2.05) is 0 Å². The zero-order valence-corrected chi connectivity index (χ0v) is 13.6. The maximum Gasteiger partial charge on any atom is 0.303 e. The van der Waals surface area contributed by atoms with Crippen molar-refractivity contribution < 1.29 is 19.1 Å². The summed E-state index contributed by atoms with van der Waals surface area (Å²) in [5.41, 5.74) is 1.58. The monoisotopic (exact) mass is 332 g/mol. The van der Waals surface area contributed by atoms with E-state index in [1.165, 1.54) is 12.1 Å². The van der Waals surface area contributed by atoms with Crippen molar-refractivity contribution in [2.45, 2.75) is 39.0 Å². The van der Waals surface area contributed by atoms with Crippen molar-refractivity contribution in [1.82, 2.24) is 10.3 Å². The molecule has 0 fully saturated rings. The lowest BCUT2D eigenvalue weighted by Gasteiger charge is -2.09. The number of rotatable bonds is 8. The van der Waals surface area contributed by atoms with Gasteiger partial charge in [0.05, 0.1) is 16.8 Å². The van der Waals surface area contributed by atoms with Crippen LogP contribution in [0.2, 0.25) is 0 Å². The Balaban J connectivity index is 1.86. The van der Waals surface area contributed by atoms with Crippen molar-refractivity contribution in [3.05, 3.63) is 41.3 Å². The molecule has 0 saturated carbocycles. The van der Waals surface area contributed by atoms with E-state index in [4.69, 9.17) is 5.11 Å². The van der Waals surface area contributed by atoms with Crippen LogP contribution in [0, 0.1) is 12.7 Å². The molecule has 0 unspecified atom stereocenters. The predicted octanol–water partition coefficient (Wildman–Crippen LogP) is 3.45. The third kappa shape index (κ3) is 5.01. The highest BCUT2D eigenvalue weighted by Gasteiger charge is 2.11. The second-order valence-corrected chi connectivity index (χ2v) is 5.77. The molecule has 1 heterocycles. The van der Waals surface area contributed by atoms with Gasteiger partial charge < -0.3 is 10.4 Å². The molecule has 0 saturated heterocycles. The maximum atomic E-state index is 13.2. The minimum atomic E-state index is -0.775. The number of nitrogens with zero attached hydrogens (tertiary/aromatic N) is 1. The first-order valence-electron chi connectivity index (χ1n) is 8.04. The summed E-state index contributed by atoms with van der Waals surface area (Å²) in [6, 6.07) is 6.02. The number of hydrogen-bond acceptors (Lipinski definition) is 3. The summed E-state index contributed by atoms with van der Waals surface area (Å²) >= 11 is 0. The molecular formula is C18H21FN2O3. The molecule has 0 radical (unpaired) electrons. The summed E-state index contributed by atoms with van der Waals surface area (Å²) in [5.74, 6) is -1.33.